The van der Waals surface area contributed by atoms with Crippen molar-refractivity contribution in [2.75, 3.05) is 11.9 Å². The molecule has 2 aromatic carbocycles. The molecule has 0 unspecified atom stereocenters. The van der Waals surface area contributed by atoms with Crippen molar-refractivity contribution in [2.24, 2.45) is 0 Å². The summed E-state index contributed by atoms with van der Waals surface area (Å²) in [6.07, 6.45) is 0.678. The van der Waals surface area contributed by atoms with Gasteiger partial charge in [0.05, 0.1) is 20.8 Å². The van der Waals surface area contributed by atoms with Crippen molar-refractivity contribution < 1.29 is 32.2 Å². The number of amides is 1. The summed E-state index contributed by atoms with van der Waals surface area (Å²) in [5.74, 6) is -2.92. The second-order valence-electron chi connectivity index (χ2n) is 7.35. The van der Waals surface area contributed by atoms with E-state index in [2.05, 4.69) is 5.32 Å². The van der Waals surface area contributed by atoms with E-state index in [1.165, 1.54) is 18.2 Å². The van der Waals surface area contributed by atoms with Gasteiger partial charge in [-0.3, -0.25) is 4.79 Å². The Balaban J connectivity index is 1.79. The van der Waals surface area contributed by atoms with Crippen LogP contribution in [0.5, 0.6) is 0 Å². The van der Waals surface area contributed by atoms with Crippen molar-refractivity contribution in [1.29, 1.82) is 0 Å². The minimum Gasteiger partial charge on any atom is -0.396 e. The van der Waals surface area contributed by atoms with Crippen LogP contribution in [0.4, 0.5) is 14.5 Å². The number of anilines is 1. The molecule has 0 atom stereocenters. The van der Waals surface area contributed by atoms with E-state index < -0.39 is 38.2 Å². The summed E-state index contributed by atoms with van der Waals surface area (Å²) in [5.41, 5.74) is -1.17. The van der Waals surface area contributed by atoms with Crippen LogP contribution in [0.1, 0.15) is 36.0 Å². The molecule has 30 heavy (non-hydrogen) atoms. The highest BCUT2D eigenvalue weighted by Crippen LogP contribution is 2.43. The lowest BCUT2D eigenvalue weighted by Crippen LogP contribution is -2.50. The Bertz CT molecular complexity index is 1070. The molecular formula is C20H20ClF2NO5S. The van der Waals surface area contributed by atoms with Crippen molar-refractivity contribution in [3.63, 3.8) is 0 Å². The van der Waals surface area contributed by atoms with Crippen LogP contribution in [-0.2, 0) is 9.84 Å². The average Bonchev–Trinajstić information content (AvgIpc) is 2.67. The van der Waals surface area contributed by atoms with Gasteiger partial charge in [-0.25, -0.2) is 17.2 Å². The number of carbonyl (C=O) groups is 1. The number of benzene rings is 2. The summed E-state index contributed by atoms with van der Waals surface area (Å²) in [5, 5.41) is 20.6. The summed E-state index contributed by atoms with van der Waals surface area (Å²) in [6, 6.07) is 6.54. The highest BCUT2D eigenvalue weighted by molar-refractivity contribution is 7.92. The van der Waals surface area contributed by atoms with Gasteiger partial charge >= 0.3 is 0 Å². The molecular weight excluding hydrogens is 440 g/mol. The molecule has 3 N–H and O–H groups in total. The molecule has 0 spiro atoms. The summed E-state index contributed by atoms with van der Waals surface area (Å²) in [7, 11) is -3.91. The maximum atomic E-state index is 13.3. The van der Waals surface area contributed by atoms with Gasteiger partial charge in [-0.1, -0.05) is 11.6 Å². The third kappa shape index (κ3) is 4.64. The zero-order chi connectivity index (χ0) is 22.1. The molecule has 3 rings (SSSR count). The maximum Gasteiger partial charge on any atom is 0.255 e. The first-order valence-electron chi connectivity index (χ1n) is 9.19. The Labute approximate surface area is 177 Å². The molecule has 0 heterocycles. The summed E-state index contributed by atoms with van der Waals surface area (Å²) in [6.45, 7) is -0.0966. The van der Waals surface area contributed by atoms with E-state index >= 15 is 0 Å². The fourth-order valence-electron chi connectivity index (χ4n) is 3.44. The van der Waals surface area contributed by atoms with Gasteiger partial charge in [-0.05, 0) is 56.0 Å². The monoisotopic (exact) mass is 459 g/mol. The van der Waals surface area contributed by atoms with E-state index in [9.17, 15) is 27.1 Å². The van der Waals surface area contributed by atoms with E-state index in [4.69, 9.17) is 16.7 Å². The number of aliphatic hydroxyl groups excluding tert-OH is 1. The Morgan fingerprint density at radius 3 is 2.50 bits per heavy atom. The van der Waals surface area contributed by atoms with Gasteiger partial charge in [-0.2, -0.15) is 0 Å². The summed E-state index contributed by atoms with van der Waals surface area (Å²) >= 11 is 6.07. The minimum absolute atomic E-state index is 0.00574. The lowest BCUT2D eigenvalue weighted by atomic mass is 9.76. The van der Waals surface area contributed by atoms with E-state index in [1.54, 1.807) is 0 Å². The molecule has 0 aromatic heterocycles. The molecule has 1 fully saturated rings. The smallest absolute Gasteiger partial charge is 0.255 e. The van der Waals surface area contributed by atoms with Crippen LogP contribution in [0.25, 0.3) is 0 Å². The zero-order valence-corrected chi connectivity index (χ0v) is 17.3. The van der Waals surface area contributed by atoms with Gasteiger partial charge in [0.1, 0.15) is 0 Å². The molecule has 1 aliphatic carbocycles. The van der Waals surface area contributed by atoms with Crippen molar-refractivity contribution >= 4 is 33.0 Å². The van der Waals surface area contributed by atoms with E-state index in [0.29, 0.717) is 12.8 Å². The van der Waals surface area contributed by atoms with Gasteiger partial charge in [0.15, 0.2) is 21.5 Å². The second kappa shape index (κ2) is 8.58. The predicted octanol–water partition coefficient (Wildman–Crippen LogP) is 3.31. The summed E-state index contributed by atoms with van der Waals surface area (Å²) in [4.78, 5) is 12.2. The normalized spacial score (nSPS) is 21.2. The molecule has 6 nitrogen and oxygen atoms in total. The summed E-state index contributed by atoms with van der Waals surface area (Å²) < 4.78 is 52.2. The number of rotatable bonds is 7. The Kier molecular flexibility index (Phi) is 6.47. The third-order valence-electron chi connectivity index (χ3n) is 5.13. The van der Waals surface area contributed by atoms with Crippen molar-refractivity contribution in [1.82, 2.24) is 0 Å². The number of hydrogen-bond donors (Lipinski definition) is 3. The van der Waals surface area contributed by atoms with Gasteiger partial charge in [-0.15, -0.1) is 0 Å². The van der Waals surface area contributed by atoms with Crippen molar-refractivity contribution in [2.45, 2.75) is 41.4 Å². The standard InChI is InChI=1S/C20H20ClF2NO5S/c21-15-4-2-12(19(26)24-13-3-5-16(22)17(23)9-13)8-18(15)30(28,29)14-10-20(27,11-14)6-1-7-25/h2-5,8-9,14,25,27H,1,6-7,10-11H2,(H,24,26). The fraction of sp³-hybridized carbons (Fsp3) is 0.350. The second-order valence-corrected chi connectivity index (χ2v) is 9.96. The molecule has 1 saturated carbocycles. The first-order valence-corrected chi connectivity index (χ1v) is 11.1. The van der Waals surface area contributed by atoms with Crippen LogP contribution in [0.3, 0.4) is 0 Å². The highest BCUT2D eigenvalue weighted by Gasteiger charge is 2.49. The minimum atomic E-state index is -3.91. The molecule has 0 bridgehead atoms. The lowest BCUT2D eigenvalue weighted by molar-refractivity contribution is -0.0412. The van der Waals surface area contributed by atoms with Crippen LogP contribution in [0, 0.1) is 11.6 Å². The highest BCUT2D eigenvalue weighted by atomic mass is 35.5. The van der Waals surface area contributed by atoms with E-state index in [1.807, 2.05) is 0 Å². The molecule has 0 saturated heterocycles. The van der Waals surface area contributed by atoms with E-state index in [0.717, 1.165) is 18.2 Å². The number of sulfone groups is 1. The van der Waals surface area contributed by atoms with Gasteiger partial charge < -0.3 is 15.5 Å². The number of carbonyl (C=O) groups excluding carboxylic acids is 1. The number of halogens is 3. The molecule has 0 radical (unpaired) electrons. The number of nitrogens with one attached hydrogen (secondary N) is 1. The van der Waals surface area contributed by atoms with Crippen LogP contribution >= 0.6 is 11.6 Å². The van der Waals surface area contributed by atoms with Crippen LogP contribution in [0.15, 0.2) is 41.3 Å². The molecule has 10 heteroatoms. The molecule has 2 aromatic rings. The molecule has 162 valence electrons. The van der Waals surface area contributed by atoms with Gasteiger partial charge in [0.25, 0.3) is 5.91 Å². The van der Waals surface area contributed by atoms with Crippen LogP contribution < -0.4 is 5.32 Å². The molecule has 0 aliphatic heterocycles. The van der Waals surface area contributed by atoms with Crippen LogP contribution in [0.2, 0.25) is 5.02 Å². The number of hydrogen-bond acceptors (Lipinski definition) is 5. The number of aliphatic hydroxyl groups is 2. The maximum absolute atomic E-state index is 13.3. The molecule has 1 amide bonds. The largest absolute Gasteiger partial charge is 0.396 e. The topological polar surface area (TPSA) is 104 Å². The average molecular weight is 460 g/mol. The predicted molar refractivity (Wildman–Crippen MR) is 107 cm³/mol. The molecule has 1 aliphatic rings. The Morgan fingerprint density at radius 2 is 1.87 bits per heavy atom. The quantitative estimate of drug-likeness (QED) is 0.589. The lowest BCUT2D eigenvalue weighted by Gasteiger charge is -2.43. The van der Waals surface area contributed by atoms with Crippen LogP contribution in [-0.4, -0.2) is 42.0 Å². The Hall–Kier alpha value is -2.07. The fourth-order valence-corrected chi connectivity index (χ4v) is 5.93. The SMILES string of the molecule is O=C(Nc1ccc(F)c(F)c1)c1ccc(Cl)c(S(=O)(=O)C2CC(O)(CCCO)C2)c1. The van der Waals surface area contributed by atoms with E-state index in [-0.39, 0.29) is 40.6 Å². The zero-order valence-electron chi connectivity index (χ0n) is 15.7. The van der Waals surface area contributed by atoms with Crippen molar-refractivity contribution in [3.8, 4) is 0 Å². The Morgan fingerprint density at radius 1 is 1.17 bits per heavy atom. The van der Waals surface area contributed by atoms with Crippen molar-refractivity contribution in [3.05, 3.63) is 58.6 Å². The first kappa shape index (κ1) is 22.6. The first-order chi connectivity index (χ1) is 14.1. The van der Waals surface area contributed by atoms with Gasteiger partial charge in [0.2, 0.25) is 0 Å². The third-order valence-corrected chi connectivity index (χ3v) is 7.74. The van der Waals surface area contributed by atoms with Gasteiger partial charge in [0, 0.05) is 23.9 Å².